The van der Waals surface area contributed by atoms with E-state index in [1.54, 1.807) is 0 Å². The molecular weight excluding hydrogens is 422 g/mol. The van der Waals surface area contributed by atoms with E-state index < -0.39 is 0 Å². The Hall–Kier alpha value is -2.53. The highest BCUT2D eigenvalue weighted by molar-refractivity contribution is 6.32. The lowest BCUT2D eigenvalue weighted by molar-refractivity contribution is -0.122. The zero-order chi connectivity index (χ0) is 22.5. The lowest BCUT2D eigenvalue weighted by Crippen LogP contribution is -2.25. The number of hydrogen-bond donors (Lipinski definition) is 1. The number of imidazole rings is 1. The van der Waals surface area contributed by atoms with Crippen molar-refractivity contribution in [1.29, 1.82) is 0 Å². The normalized spacial score (nSPS) is 13.5. The fraction of sp³-hybridized carbons (Fsp3) is 0.462. The molecule has 1 aliphatic carbocycles. The quantitative estimate of drug-likeness (QED) is 0.383. The van der Waals surface area contributed by atoms with Gasteiger partial charge in [0.1, 0.15) is 18.2 Å². The molecule has 1 N–H and O–H groups in total. The second kappa shape index (κ2) is 10.4. The van der Waals surface area contributed by atoms with Gasteiger partial charge in [0.2, 0.25) is 5.91 Å². The number of nitrogens with one attached hydrogen (secondary N) is 1. The van der Waals surface area contributed by atoms with Gasteiger partial charge in [-0.25, -0.2) is 4.98 Å². The van der Waals surface area contributed by atoms with Gasteiger partial charge in [0.05, 0.1) is 17.6 Å². The number of aryl methyl sites for hydroxylation is 3. The van der Waals surface area contributed by atoms with Crippen molar-refractivity contribution < 1.29 is 9.53 Å². The third kappa shape index (κ3) is 5.63. The van der Waals surface area contributed by atoms with E-state index in [1.807, 2.05) is 32.0 Å². The lowest BCUT2D eigenvalue weighted by atomic mass is 10.1. The number of unbranched alkanes of at least 4 members (excludes halogenated alkanes) is 2. The fourth-order valence-electron chi connectivity index (χ4n) is 4.10. The van der Waals surface area contributed by atoms with Gasteiger partial charge >= 0.3 is 0 Å². The molecule has 0 radical (unpaired) electrons. The van der Waals surface area contributed by atoms with Gasteiger partial charge in [0.15, 0.2) is 0 Å². The van der Waals surface area contributed by atoms with Gasteiger partial charge in [-0.05, 0) is 74.9 Å². The van der Waals surface area contributed by atoms with Gasteiger partial charge in [-0.15, -0.1) is 0 Å². The molecule has 2 aromatic carbocycles. The number of rotatable bonds is 11. The molecule has 1 saturated carbocycles. The smallest absolute Gasteiger partial charge is 0.223 e. The molecule has 170 valence electrons. The minimum absolute atomic E-state index is 0.234. The number of carbonyl (C=O) groups is 1. The van der Waals surface area contributed by atoms with Crippen LogP contribution in [-0.4, -0.2) is 28.6 Å². The number of benzene rings is 2. The average Bonchev–Trinajstić information content (AvgIpc) is 3.57. The molecule has 1 aliphatic rings. The van der Waals surface area contributed by atoms with E-state index in [0.717, 1.165) is 90.4 Å². The molecule has 0 aliphatic heterocycles. The standard InChI is InChI=1S/C26H32ClN3O2/c1-18-16-21(17-19(2)25(18)27)32-15-14-30-23-9-6-5-8-22(23)29-24(30)10-4-3-7-13-28-26(31)20-11-12-20/h5-6,8-9,16-17,20H,3-4,7,10-15H2,1-2H3,(H,28,31). The molecule has 1 heterocycles. The number of carbonyl (C=O) groups excluding carboxylic acids is 1. The first-order chi connectivity index (χ1) is 15.5. The Balaban J connectivity index is 1.32. The van der Waals surface area contributed by atoms with Crippen molar-refractivity contribution in [3.05, 3.63) is 58.4 Å². The van der Waals surface area contributed by atoms with Crippen LogP contribution in [0.5, 0.6) is 5.75 Å². The molecule has 4 rings (SSSR count). The SMILES string of the molecule is Cc1cc(OCCn2c(CCCCCNC(=O)C3CC3)nc3ccccc32)cc(C)c1Cl. The number of amides is 1. The molecule has 0 saturated heterocycles. The van der Waals surface area contributed by atoms with Crippen molar-refractivity contribution in [2.75, 3.05) is 13.2 Å². The van der Waals surface area contributed by atoms with Crippen molar-refractivity contribution in [3.8, 4) is 5.75 Å². The van der Waals surface area contributed by atoms with E-state index in [4.69, 9.17) is 21.3 Å². The van der Waals surface area contributed by atoms with Gasteiger partial charge in [-0.3, -0.25) is 4.79 Å². The summed E-state index contributed by atoms with van der Waals surface area (Å²) in [6, 6.07) is 12.3. The van der Waals surface area contributed by atoms with Gasteiger partial charge in [0, 0.05) is 23.9 Å². The molecule has 6 heteroatoms. The first-order valence-electron chi connectivity index (χ1n) is 11.6. The highest BCUT2D eigenvalue weighted by Crippen LogP contribution is 2.28. The van der Waals surface area contributed by atoms with Crippen molar-refractivity contribution in [1.82, 2.24) is 14.9 Å². The Morgan fingerprint density at radius 2 is 1.91 bits per heavy atom. The highest BCUT2D eigenvalue weighted by Gasteiger charge is 2.28. The summed E-state index contributed by atoms with van der Waals surface area (Å²) >= 11 is 6.27. The third-order valence-electron chi connectivity index (χ3n) is 6.05. The summed E-state index contributed by atoms with van der Waals surface area (Å²) in [7, 11) is 0. The minimum atomic E-state index is 0.234. The van der Waals surface area contributed by atoms with Crippen LogP contribution in [-0.2, 0) is 17.8 Å². The van der Waals surface area contributed by atoms with Crippen molar-refractivity contribution >= 4 is 28.5 Å². The van der Waals surface area contributed by atoms with Gasteiger partial charge in [-0.2, -0.15) is 0 Å². The molecule has 1 aromatic heterocycles. The van der Waals surface area contributed by atoms with Crippen molar-refractivity contribution in [3.63, 3.8) is 0 Å². The average molecular weight is 454 g/mol. The van der Waals surface area contributed by atoms with E-state index in [1.165, 1.54) is 0 Å². The molecule has 0 unspecified atom stereocenters. The van der Waals surface area contributed by atoms with Gasteiger partial charge in [-0.1, -0.05) is 30.2 Å². The van der Waals surface area contributed by atoms with Crippen molar-refractivity contribution in [2.45, 2.75) is 58.9 Å². The number of hydrogen-bond acceptors (Lipinski definition) is 3. The van der Waals surface area contributed by atoms with Crippen molar-refractivity contribution in [2.24, 2.45) is 5.92 Å². The third-order valence-corrected chi connectivity index (χ3v) is 6.65. The Morgan fingerprint density at radius 3 is 2.66 bits per heavy atom. The summed E-state index contributed by atoms with van der Waals surface area (Å²) in [5, 5.41) is 3.84. The summed E-state index contributed by atoms with van der Waals surface area (Å²) < 4.78 is 8.33. The Labute approximate surface area is 195 Å². The molecular formula is C26H32ClN3O2. The second-order valence-electron chi connectivity index (χ2n) is 8.76. The number of halogens is 1. The van der Waals surface area contributed by atoms with Crippen LogP contribution in [0.25, 0.3) is 11.0 Å². The first kappa shape index (κ1) is 22.7. The monoisotopic (exact) mass is 453 g/mol. The van der Waals surface area contributed by atoms with Gasteiger partial charge in [0.25, 0.3) is 0 Å². The first-order valence-corrected chi connectivity index (χ1v) is 12.0. The largest absolute Gasteiger partial charge is 0.492 e. The van der Waals surface area contributed by atoms with Crippen LogP contribution in [0.2, 0.25) is 5.02 Å². The predicted octanol–water partition coefficient (Wildman–Crippen LogP) is 5.62. The van der Waals surface area contributed by atoms with Crippen LogP contribution in [0, 0.1) is 19.8 Å². The number of nitrogens with zero attached hydrogens (tertiary/aromatic N) is 2. The van der Waals surface area contributed by atoms with E-state index in [9.17, 15) is 4.79 Å². The number of aromatic nitrogens is 2. The Kier molecular flexibility index (Phi) is 7.36. The van der Waals surface area contributed by atoms with Gasteiger partial charge < -0.3 is 14.6 Å². The highest BCUT2D eigenvalue weighted by atomic mass is 35.5. The topological polar surface area (TPSA) is 56.1 Å². The maximum absolute atomic E-state index is 11.7. The van der Waals surface area contributed by atoms with E-state index in [-0.39, 0.29) is 11.8 Å². The summed E-state index contributed by atoms with van der Waals surface area (Å²) in [4.78, 5) is 16.6. The molecule has 1 fully saturated rings. The molecule has 0 spiro atoms. The molecule has 1 amide bonds. The van der Waals surface area contributed by atoms with E-state index >= 15 is 0 Å². The maximum Gasteiger partial charge on any atom is 0.223 e. The van der Waals surface area contributed by atoms with Crippen LogP contribution < -0.4 is 10.1 Å². The summed E-state index contributed by atoms with van der Waals surface area (Å²) in [6.07, 6.45) is 6.18. The fourth-order valence-corrected chi connectivity index (χ4v) is 4.21. The van der Waals surface area contributed by atoms with Crippen LogP contribution in [0.15, 0.2) is 36.4 Å². The number of para-hydroxylation sites is 2. The predicted molar refractivity (Wildman–Crippen MR) is 129 cm³/mol. The van der Waals surface area contributed by atoms with Crippen LogP contribution >= 0.6 is 11.6 Å². The summed E-state index contributed by atoms with van der Waals surface area (Å²) in [5.74, 6) is 2.47. The zero-order valence-electron chi connectivity index (χ0n) is 19.0. The van der Waals surface area contributed by atoms with E-state index in [0.29, 0.717) is 6.61 Å². The molecule has 0 atom stereocenters. The lowest BCUT2D eigenvalue weighted by Gasteiger charge is -2.13. The zero-order valence-corrected chi connectivity index (χ0v) is 19.8. The molecule has 3 aromatic rings. The van der Waals surface area contributed by atoms with E-state index in [2.05, 4.69) is 28.1 Å². The number of ether oxygens (including phenoxy) is 1. The molecule has 5 nitrogen and oxygen atoms in total. The Morgan fingerprint density at radius 1 is 1.16 bits per heavy atom. The van der Waals surface area contributed by atoms with Crippen LogP contribution in [0.3, 0.4) is 0 Å². The Bertz CT molecular complexity index is 1060. The minimum Gasteiger partial charge on any atom is -0.492 e. The molecule has 0 bridgehead atoms. The van der Waals surface area contributed by atoms with Crippen LogP contribution in [0.4, 0.5) is 0 Å². The molecule has 32 heavy (non-hydrogen) atoms. The maximum atomic E-state index is 11.7. The second-order valence-corrected chi connectivity index (χ2v) is 9.14. The summed E-state index contributed by atoms with van der Waals surface area (Å²) in [6.45, 7) is 6.09. The number of fused-ring (bicyclic) bond motifs is 1. The van der Waals surface area contributed by atoms with Crippen LogP contribution in [0.1, 0.15) is 49.1 Å². The summed E-state index contributed by atoms with van der Waals surface area (Å²) in [5.41, 5.74) is 4.23.